The summed E-state index contributed by atoms with van der Waals surface area (Å²) in [5, 5.41) is 4.69. The van der Waals surface area contributed by atoms with Crippen LogP contribution in [-0.4, -0.2) is 36.1 Å². The summed E-state index contributed by atoms with van der Waals surface area (Å²) >= 11 is 6.30. The van der Waals surface area contributed by atoms with Crippen LogP contribution in [0.5, 0.6) is 0 Å². The molecule has 6 nitrogen and oxygen atoms in total. The van der Waals surface area contributed by atoms with Crippen molar-refractivity contribution in [1.82, 2.24) is 15.3 Å². The Balaban J connectivity index is 1.95. The van der Waals surface area contributed by atoms with Gasteiger partial charge in [0.05, 0.1) is 10.4 Å². The van der Waals surface area contributed by atoms with Crippen LogP contribution in [0.4, 0.5) is 11.8 Å². The molecular weight excluding hydrogens is 302 g/mol. The largest absolute Gasteiger partial charge is 0.450 e. The van der Waals surface area contributed by atoms with Gasteiger partial charge in [-0.05, 0) is 25.6 Å². The van der Waals surface area contributed by atoms with Crippen molar-refractivity contribution in [2.24, 2.45) is 0 Å². The fraction of sp³-hybridized carbons (Fsp3) is 0.333. The number of likely N-dealkylation sites (N-methyl/N-ethyl adjacent to an activating group) is 1. The number of fused-ring (bicyclic) bond motifs is 3. The number of rotatable bonds is 2. The molecule has 0 aliphatic carbocycles. The minimum absolute atomic E-state index is 0.234. The van der Waals surface area contributed by atoms with E-state index in [1.165, 1.54) is 0 Å². The summed E-state index contributed by atoms with van der Waals surface area (Å²) in [5.41, 5.74) is 7.94. The van der Waals surface area contributed by atoms with Crippen LogP contribution in [0.3, 0.4) is 0 Å². The summed E-state index contributed by atoms with van der Waals surface area (Å²) in [6.07, 6.45) is 1.06. The molecule has 114 valence electrons. The molecule has 0 bridgehead atoms. The van der Waals surface area contributed by atoms with E-state index >= 15 is 0 Å². The summed E-state index contributed by atoms with van der Waals surface area (Å²) in [5.74, 6) is 0.977. The summed E-state index contributed by atoms with van der Waals surface area (Å²) in [6.45, 7) is 1.77. The first-order valence-electron chi connectivity index (χ1n) is 7.24. The van der Waals surface area contributed by atoms with Gasteiger partial charge in [-0.3, -0.25) is 0 Å². The highest BCUT2D eigenvalue weighted by Gasteiger charge is 2.26. The topological polar surface area (TPSA) is 80.2 Å². The van der Waals surface area contributed by atoms with Crippen molar-refractivity contribution in [2.75, 3.05) is 30.8 Å². The van der Waals surface area contributed by atoms with Gasteiger partial charge < -0.3 is 20.4 Å². The Morgan fingerprint density at radius 1 is 1.41 bits per heavy atom. The predicted octanol–water partition coefficient (Wildman–Crippen LogP) is 2.41. The number of benzene rings is 1. The van der Waals surface area contributed by atoms with Crippen LogP contribution in [0.15, 0.2) is 22.6 Å². The van der Waals surface area contributed by atoms with Gasteiger partial charge >= 0.3 is 0 Å². The lowest BCUT2D eigenvalue weighted by Crippen LogP contribution is -2.30. The number of furan rings is 1. The minimum Gasteiger partial charge on any atom is -0.450 e. The number of aromatic nitrogens is 2. The molecule has 1 atom stereocenters. The van der Waals surface area contributed by atoms with Gasteiger partial charge in [0.1, 0.15) is 11.1 Å². The molecule has 0 saturated carbocycles. The molecular formula is C15H16ClN5O. The second-order valence-corrected chi connectivity index (χ2v) is 5.93. The van der Waals surface area contributed by atoms with Crippen LogP contribution in [0.1, 0.15) is 6.42 Å². The Morgan fingerprint density at radius 3 is 3.05 bits per heavy atom. The highest BCUT2D eigenvalue weighted by molar-refractivity contribution is 6.37. The number of nitrogens with one attached hydrogen (secondary N) is 1. The van der Waals surface area contributed by atoms with Crippen LogP contribution in [0, 0.1) is 0 Å². The summed E-state index contributed by atoms with van der Waals surface area (Å²) < 4.78 is 5.97. The van der Waals surface area contributed by atoms with Gasteiger partial charge in [-0.25, -0.2) is 4.98 Å². The quantitative estimate of drug-likeness (QED) is 0.755. The molecule has 1 fully saturated rings. The third-order valence-corrected chi connectivity index (χ3v) is 4.50. The molecule has 4 rings (SSSR count). The second-order valence-electron chi connectivity index (χ2n) is 5.52. The van der Waals surface area contributed by atoms with Crippen LogP contribution < -0.4 is 16.0 Å². The maximum absolute atomic E-state index is 6.30. The van der Waals surface area contributed by atoms with Crippen molar-refractivity contribution in [3.8, 4) is 0 Å². The zero-order valence-electron chi connectivity index (χ0n) is 12.1. The normalized spacial score (nSPS) is 18.6. The predicted molar refractivity (Wildman–Crippen MR) is 88.4 cm³/mol. The third kappa shape index (κ3) is 1.99. The molecule has 1 saturated heterocycles. The number of nitrogen functional groups attached to an aromatic ring is 1. The van der Waals surface area contributed by atoms with Crippen LogP contribution >= 0.6 is 11.6 Å². The van der Waals surface area contributed by atoms with E-state index in [4.69, 9.17) is 21.8 Å². The van der Waals surface area contributed by atoms with Crippen molar-refractivity contribution in [1.29, 1.82) is 0 Å². The average Bonchev–Trinajstić information content (AvgIpc) is 3.11. The number of hydrogen-bond acceptors (Lipinski definition) is 6. The Morgan fingerprint density at radius 2 is 2.27 bits per heavy atom. The number of hydrogen-bond donors (Lipinski definition) is 2. The first-order chi connectivity index (χ1) is 10.7. The SMILES string of the molecule is CN[C@@H]1CCN(c2nc(N)nc3c2oc2cccc(Cl)c23)C1. The monoisotopic (exact) mass is 317 g/mol. The molecule has 3 heterocycles. The lowest BCUT2D eigenvalue weighted by molar-refractivity contribution is 0.615. The Bertz CT molecular complexity index is 862. The Labute approximate surface area is 132 Å². The van der Waals surface area contributed by atoms with E-state index in [0.717, 1.165) is 30.7 Å². The lowest BCUT2D eigenvalue weighted by atomic mass is 10.2. The molecule has 3 aromatic rings. The van der Waals surface area contributed by atoms with Crippen molar-refractivity contribution >= 4 is 45.4 Å². The smallest absolute Gasteiger partial charge is 0.222 e. The molecule has 1 aromatic carbocycles. The zero-order chi connectivity index (χ0) is 15.3. The van der Waals surface area contributed by atoms with Crippen molar-refractivity contribution in [2.45, 2.75) is 12.5 Å². The van der Waals surface area contributed by atoms with Gasteiger partial charge in [0, 0.05) is 19.1 Å². The third-order valence-electron chi connectivity index (χ3n) is 4.19. The maximum Gasteiger partial charge on any atom is 0.222 e. The first-order valence-corrected chi connectivity index (χ1v) is 7.61. The second kappa shape index (κ2) is 5.00. The molecule has 1 aliphatic rings. The van der Waals surface area contributed by atoms with Gasteiger partial charge in [-0.15, -0.1) is 0 Å². The van der Waals surface area contributed by atoms with E-state index in [9.17, 15) is 0 Å². The fourth-order valence-electron chi connectivity index (χ4n) is 3.05. The molecule has 0 spiro atoms. The number of halogens is 1. The van der Waals surface area contributed by atoms with Gasteiger partial charge in [0.2, 0.25) is 5.95 Å². The number of nitrogens with two attached hydrogens (primary N) is 1. The van der Waals surface area contributed by atoms with Gasteiger partial charge in [0.15, 0.2) is 11.4 Å². The summed E-state index contributed by atoms with van der Waals surface area (Å²) in [7, 11) is 1.97. The number of nitrogens with zero attached hydrogens (tertiary/aromatic N) is 3. The van der Waals surface area contributed by atoms with Crippen molar-refractivity contribution < 1.29 is 4.42 Å². The molecule has 0 unspecified atom stereocenters. The zero-order valence-corrected chi connectivity index (χ0v) is 12.9. The maximum atomic E-state index is 6.30. The molecule has 0 amide bonds. The molecule has 22 heavy (non-hydrogen) atoms. The molecule has 2 aromatic heterocycles. The van der Waals surface area contributed by atoms with E-state index in [1.54, 1.807) is 0 Å². The van der Waals surface area contributed by atoms with E-state index < -0.39 is 0 Å². The Kier molecular flexibility index (Phi) is 3.09. The summed E-state index contributed by atoms with van der Waals surface area (Å²) in [4.78, 5) is 10.9. The minimum atomic E-state index is 0.234. The van der Waals surface area contributed by atoms with Crippen LogP contribution in [0.25, 0.3) is 22.1 Å². The highest BCUT2D eigenvalue weighted by Crippen LogP contribution is 2.37. The van der Waals surface area contributed by atoms with Crippen molar-refractivity contribution in [3.05, 3.63) is 23.2 Å². The van der Waals surface area contributed by atoms with Crippen LogP contribution in [0.2, 0.25) is 5.02 Å². The van der Waals surface area contributed by atoms with Crippen LogP contribution in [-0.2, 0) is 0 Å². The standard InChI is InChI=1S/C15H16ClN5O/c1-18-8-5-6-21(7-8)14-13-12(19-15(17)20-14)11-9(16)3-2-4-10(11)22-13/h2-4,8,18H,5-7H2,1H3,(H2,17,19,20)/t8-/m1/s1. The molecule has 7 heteroatoms. The average molecular weight is 318 g/mol. The molecule has 1 aliphatic heterocycles. The van der Waals surface area contributed by atoms with Gasteiger partial charge in [-0.2, -0.15) is 4.98 Å². The van der Waals surface area contributed by atoms with Gasteiger partial charge in [0.25, 0.3) is 0 Å². The fourth-order valence-corrected chi connectivity index (χ4v) is 3.31. The van der Waals surface area contributed by atoms with Gasteiger partial charge in [-0.1, -0.05) is 17.7 Å². The van der Waals surface area contributed by atoms with E-state index in [2.05, 4.69) is 20.2 Å². The van der Waals surface area contributed by atoms with E-state index in [1.807, 2.05) is 25.2 Å². The Hall–Kier alpha value is -2.05. The first kappa shape index (κ1) is 13.6. The van der Waals surface area contributed by atoms with E-state index in [0.29, 0.717) is 27.7 Å². The number of anilines is 2. The van der Waals surface area contributed by atoms with E-state index in [-0.39, 0.29) is 5.95 Å². The molecule has 0 radical (unpaired) electrons. The lowest BCUT2D eigenvalue weighted by Gasteiger charge is -2.17. The highest BCUT2D eigenvalue weighted by atomic mass is 35.5. The molecule has 3 N–H and O–H groups in total. The van der Waals surface area contributed by atoms with Crippen molar-refractivity contribution in [3.63, 3.8) is 0 Å². The summed E-state index contributed by atoms with van der Waals surface area (Å²) in [6, 6.07) is 6.00.